The normalized spacial score (nSPS) is 14.3. The molecule has 3 rings (SSSR count). The number of amides is 2. The molecule has 0 bridgehead atoms. The third-order valence-electron chi connectivity index (χ3n) is 4.24. The molecule has 1 saturated heterocycles. The topological polar surface area (TPSA) is 78.5 Å². The number of carbonyl (C=O) groups excluding carboxylic acids is 1. The number of anilines is 2. The molecule has 26 heavy (non-hydrogen) atoms. The predicted molar refractivity (Wildman–Crippen MR) is 103 cm³/mol. The highest BCUT2D eigenvalue weighted by atomic mass is 35.5. The number of carbonyl (C=O) groups is 1. The van der Waals surface area contributed by atoms with Crippen molar-refractivity contribution in [2.45, 2.75) is 24.7 Å². The number of rotatable bonds is 4. The molecule has 138 valence electrons. The van der Waals surface area contributed by atoms with Gasteiger partial charge in [0.1, 0.15) is 0 Å². The molecule has 0 radical (unpaired) electrons. The Balaban J connectivity index is 1.71. The molecule has 6 nitrogen and oxygen atoms in total. The van der Waals surface area contributed by atoms with Gasteiger partial charge in [-0.2, -0.15) is 0 Å². The molecular formula is C18H20ClN3O3S. The second-order valence-corrected chi connectivity index (χ2v) is 8.33. The van der Waals surface area contributed by atoms with Gasteiger partial charge in [0.05, 0.1) is 10.6 Å². The minimum absolute atomic E-state index is 0.117. The fourth-order valence-corrected chi connectivity index (χ4v) is 4.14. The molecule has 0 aromatic heterocycles. The van der Waals surface area contributed by atoms with Gasteiger partial charge in [0.2, 0.25) is 0 Å². The van der Waals surface area contributed by atoms with Crippen molar-refractivity contribution in [1.82, 2.24) is 4.90 Å². The van der Waals surface area contributed by atoms with E-state index < -0.39 is 10.0 Å². The van der Waals surface area contributed by atoms with Crippen molar-refractivity contribution in [2.75, 3.05) is 23.1 Å². The monoisotopic (exact) mass is 393 g/mol. The van der Waals surface area contributed by atoms with Crippen LogP contribution < -0.4 is 10.0 Å². The third-order valence-corrected chi connectivity index (χ3v) is 5.86. The van der Waals surface area contributed by atoms with Gasteiger partial charge in [-0.05, 0) is 67.8 Å². The van der Waals surface area contributed by atoms with Gasteiger partial charge >= 0.3 is 6.03 Å². The molecule has 2 N–H and O–H groups in total. The van der Waals surface area contributed by atoms with Crippen LogP contribution in [0.1, 0.15) is 18.4 Å². The van der Waals surface area contributed by atoms with E-state index in [0.717, 1.165) is 31.5 Å². The Labute approximate surface area is 158 Å². The largest absolute Gasteiger partial charge is 0.325 e. The summed E-state index contributed by atoms with van der Waals surface area (Å²) < 4.78 is 27.6. The first-order chi connectivity index (χ1) is 12.3. The fourth-order valence-electron chi connectivity index (χ4n) is 2.79. The second-order valence-electron chi connectivity index (χ2n) is 6.21. The number of hydrogen-bond donors (Lipinski definition) is 2. The predicted octanol–water partition coefficient (Wildman–Crippen LogP) is 4.08. The first-order valence-electron chi connectivity index (χ1n) is 8.30. The van der Waals surface area contributed by atoms with Gasteiger partial charge in [-0.1, -0.05) is 11.6 Å². The number of nitrogens with zero attached hydrogens (tertiary/aromatic N) is 1. The van der Waals surface area contributed by atoms with E-state index in [2.05, 4.69) is 10.0 Å². The summed E-state index contributed by atoms with van der Waals surface area (Å²) in [4.78, 5) is 13.9. The molecular weight excluding hydrogens is 374 g/mol. The van der Waals surface area contributed by atoms with Gasteiger partial charge in [0.15, 0.2) is 0 Å². The van der Waals surface area contributed by atoms with E-state index in [1.165, 1.54) is 12.1 Å². The number of likely N-dealkylation sites (tertiary alicyclic amines) is 1. The van der Waals surface area contributed by atoms with E-state index in [-0.39, 0.29) is 10.9 Å². The number of halogens is 1. The number of sulfonamides is 1. The maximum absolute atomic E-state index is 12.5. The second kappa shape index (κ2) is 7.55. The van der Waals surface area contributed by atoms with E-state index >= 15 is 0 Å². The zero-order chi connectivity index (χ0) is 18.7. The van der Waals surface area contributed by atoms with Crippen LogP contribution in [0.2, 0.25) is 5.02 Å². The van der Waals surface area contributed by atoms with Crippen LogP contribution in [-0.2, 0) is 10.0 Å². The zero-order valence-electron chi connectivity index (χ0n) is 14.3. The van der Waals surface area contributed by atoms with E-state index in [9.17, 15) is 13.2 Å². The van der Waals surface area contributed by atoms with Gasteiger partial charge in [0, 0.05) is 23.8 Å². The summed E-state index contributed by atoms with van der Waals surface area (Å²) >= 11 is 5.90. The standard InChI is InChI=1S/C18H20ClN3O3S/c1-13-12-14(19)4-9-17(13)21-26(24,25)16-7-5-15(6-8-16)20-18(23)22-10-2-3-11-22/h4-9,12,21H,2-3,10-11H2,1H3,(H,20,23). The van der Waals surface area contributed by atoms with Crippen molar-refractivity contribution in [3.8, 4) is 0 Å². The van der Waals surface area contributed by atoms with Crippen LogP contribution in [0.3, 0.4) is 0 Å². The minimum Gasteiger partial charge on any atom is -0.325 e. The molecule has 2 aromatic rings. The van der Waals surface area contributed by atoms with Gasteiger partial charge in [-0.3, -0.25) is 4.72 Å². The lowest BCUT2D eigenvalue weighted by atomic mass is 10.2. The quantitative estimate of drug-likeness (QED) is 0.821. The van der Waals surface area contributed by atoms with Gasteiger partial charge in [-0.15, -0.1) is 0 Å². The molecule has 0 spiro atoms. The van der Waals surface area contributed by atoms with E-state index in [1.54, 1.807) is 42.2 Å². The molecule has 8 heteroatoms. The van der Waals surface area contributed by atoms with E-state index in [0.29, 0.717) is 16.4 Å². The number of urea groups is 1. The lowest BCUT2D eigenvalue weighted by Crippen LogP contribution is -2.32. The minimum atomic E-state index is -3.73. The van der Waals surface area contributed by atoms with Crippen LogP contribution in [0, 0.1) is 6.92 Å². The van der Waals surface area contributed by atoms with E-state index in [4.69, 9.17) is 11.6 Å². The van der Waals surface area contributed by atoms with Crippen molar-refractivity contribution in [3.05, 3.63) is 53.1 Å². The molecule has 1 aliphatic heterocycles. The summed E-state index contributed by atoms with van der Waals surface area (Å²) in [5.41, 5.74) is 1.76. The molecule has 1 heterocycles. The molecule has 1 fully saturated rings. The Morgan fingerprint density at radius 1 is 1.08 bits per heavy atom. The Morgan fingerprint density at radius 2 is 1.73 bits per heavy atom. The molecule has 0 atom stereocenters. The fraction of sp³-hybridized carbons (Fsp3) is 0.278. The average molecular weight is 394 g/mol. The molecule has 0 saturated carbocycles. The molecule has 1 aliphatic rings. The zero-order valence-corrected chi connectivity index (χ0v) is 15.9. The van der Waals surface area contributed by atoms with Crippen molar-refractivity contribution >= 4 is 39.0 Å². The SMILES string of the molecule is Cc1cc(Cl)ccc1NS(=O)(=O)c1ccc(NC(=O)N2CCCC2)cc1. The van der Waals surface area contributed by atoms with Crippen molar-refractivity contribution in [3.63, 3.8) is 0 Å². The number of hydrogen-bond acceptors (Lipinski definition) is 3. The highest BCUT2D eigenvalue weighted by Gasteiger charge is 2.19. The lowest BCUT2D eigenvalue weighted by molar-refractivity contribution is 0.222. The van der Waals surface area contributed by atoms with Gasteiger partial charge in [-0.25, -0.2) is 13.2 Å². The van der Waals surface area contributed by atoms with Crippen LogP contribution >= 0.6 is 11.6 Å². The van der Waals surface area contributed by atoms with Crippen molar-refractivity contribution in [2.24, 2.45) is 0 Å². The molecule has 0 aliphatic carbocycles. The van der Waals surface area contributed by atoms with Crippen LogP contribution in [0.5, 0.6) is 0 Å². The third kappa shape index (κ3) is 4.28. The highest BCUT2D eigenvalue weighted by molar-refractivity contribution is 7.92. The van der Waals surface area contributed by atoms with Gasteiger partial charge < -0.3 is 10.2 Å². The smallest absolute Gasteiger partial charge is 0.321 e. The van der Waals surface area contributed by atoms with Crippen LogP contribution in [0.4, 0.5) is 16.2 Å². The first kappa shape index (κ1) is 18.5. The van der Waals surface area contributed by atoms with E-state index in [1.807, 2.05) is 0 Å². The first-order valence-corrected chi connectivity index (χ1v) is 10.2. The van der Waals surface area contributed by atoms with Gasteiger partial charge in [0.25, 0.3) is 10.0 Å². The van der Waals surface area contributed by atoms with Crippen LogP contribution in [0.25, 0.3) is 0 Å². The average Bonchev–Trinajstić information content (AvgIpc) is 3.13. The highest BCUT2D eigenvalue weighted by Crippen LogP contribution is 2.23. The maximum Gasteiger partial charge on any atom is 0.321 e. The maximum atomic E-state index is 12.5. The number of aryl methyl sites for hydroxylation is 1. The van der Waals surface area contributed by atoms with Crippen LogP contribution in [0.15, 0.2) is 47.4 Å². The number of nitrogens with one attached hydrogen (secondary N) is 2. The summed E-state index contributed by atoms with van der Waals surface area (Å²) in [7, 11) is -3.73. The summed E-state index contributed by atoms with van der Waals surface area (Å²) in [6.07, 6.45) is 2.03. The Kier molecular flexibility index (Phi) is 5.38. The summed E-state index contributed by atoms with van der Waals surface area (Å²) in [5, 5.41) is 3.33. The summed E-state index contributed by atoms with van der Waals surface area (Å²) in [6.45, 7) is 3.28. The van der Waals surface area contributed by atoms with Crippen LogP contribution in [-0.4, -0.2) is 32.4 Å². The summed E-state index contributed by atoms with van der Waals surface area (Å²) in [6, 6.07) is 10.9. The molecule has 2 aromatic carbocycles. The molecule has 2 amide bonds. The molecule has 0 unspecified atom stereocenters. The lowest BCUT2D eigenvalue weighted by Gasteiger charge is -2.16. The Hall–Kier alpha value is -2.25. The Morgan fingerprint density at radius 3 is 2.35 bits per heavy atom. The van der Waals surface area contributed by atoms with Crippen molar-refractivity contribution in [1.29, 1.82) is 0 Å². The summed E-state index contributed by atoms with van der Waals surface area (Å²) in [5.74, 6) is 0. The van der Waals surface area contributed by atoms with Crippen molar-refractivity contribution < 1.29 is 13.2 Å². The Bertz CT molecular complexity index is 908. The number of benzene rings is 2.